The SMILES string of the molecule is CC(Cl)(Cl)C(=O)NC1[C@H]2COC[C@@H]12. The van der Waals surface area contributed by atoms with Gasteiger partial charge < -0.3 is 10.1 Å². The number of carbonyl (C=O) groups is 1. The first-order valence-corrected chi connectivity index (χ1v) is 5.02. The van der Waals surface area contributed by atoms with Gasteiger partial charge in [-0.1, -0.05) is 23.2 Å². The molecule has 0 aromatic carbocycles. The van der Waals surface area contributed by atoms with Gasteiger partial charge in [-0.05, 0) is 6.92 Å². The second-order valence-electron chi connectivity index (χ2n) is 3.75. The number of carbonyl (C=O) groups excluding carboxylic acids is 1. The minimum absolute atomic E-state index is 0.234. The molecule has 1 amide bonds. The lowest BCUT2D eigenvalue weighted by atomic mass is 10.4. The van der Waals surface area contributed by atoms with Crippen LogP contribution in [0, 0.1) is 11.8 Å². The van der Waals surface area contributed by atoms with Gasteiger partial charge in [-0.15, -0.1) is 0 Å². The largest absolute Gasteiger partial charge is 0.381 e. The van der Waals surface area contributed by atoms with Gasteiger partial charge in [-0.25, -0.2) is 0 Å². The Labute approximate surface area is 86.7 Å². The fraction of sp³-hybridized carbons (Fsp3) is 0.875. The topological polar surface area (TPSA) is 38.3 Å². The zero-order valence-corrected chi connectivity index (χ0v) is 8.73. The number of hydrogen-bond acceptors (Lipinski definition) is 2. The second-order valence-corrected chi connectivity index (χ2v) is 5.46. The molecule has 1 N–H and O–H groups in total. The van der Waals surface area contributed by atoms with Gasteiger partial charge in [0.2, 0.25) is 0 Å². The lowest BCUT2D eigenvalue weighted by Gasteiger charge is -2.14. The Balaban J connectivity index is 1.84. The third-order valence-corrected chi connectivity index (χ3v) is 2.99. The summed E-state index contributed by atoms with van der Waals surface area (Å²) < 4.78 is 3.86. The molecule has 0 spiro atoms. The van der Waals surface area contributed by atoms with Crippen molar-refractivity contribution in [3.05, 3.63) is 0 Å². The van der Waals surface area contributed by atoms with Crippen LogP contribution in [0.4, 0.5) is 0 Å². The number of nitrogens with one attached hydrogen (secondary N) is 1. The molecule has 74 valence electrons. The quantitative estimate of drug-likeness (QED) is 0.709. The van der Waals surface area contributed by atoms with Crippen LogP contribution in [0.1, 0.15) is 6.92 Å². The van der Waals surface area contributed by atoms with E-state index in [1.54, 1.807) is 0 Å². The van der Waals surface area contributed by atoms with E-state index < -0.39 is 4.33 Å². The zero-order valence-electron chi connectivity index (χ0n) is 7.22. The van der Waals surface area contributed by atoms with Crippen molar-refractivity contribution < 1.29 is 9.53 Å². The molecule has 13 heavy (non-hydrogen) atoms. The van der Waals surface area contributed by atoms with Gasteiger partial charge in [-0.2, -0.15) is 0 Å². The van der Waals surface area contributed by atoms with Crippen LogP contribution in [0.5, 0.6) is 0 Å². The van der Waals surface area contributed by atoms with Crippen LogP contribution >= 0.6 is 23.2 Å². The van der Waals surface area contributed by atoms with Crippen molar-refractivity contribution >= 4 is 29.1 Å². The van der Waals surface area contributed by atoms with Crippen LogP contribution in [0.15, 0.2) is 0 Å². The van der Waals surface area contributed by atoms with Gasteiger partial charge in [-0.3, -0.25) is 4.79 Å². The van der Waals surface area contributed by atoms with E-state index >= 15 is 0 Å². The van der Waals surface area contributed by atoms with Crippen LogP contribution in [0.3, 0.4) is 0 Å². The number of halogens is 2. The molecule has 3 nitrogen and oxygen atoms in total. The molecule has 0 aromatic rings. The third kappa shape index (κ3) is 1.78. The van der Waals surface area contributed by atoms with E-state index in [0.29, 0.717) is 11.8 Å². The highest BCUT2D eigenvalue weighted by Gasteiger charge is 2.55. The van der Waals surface area contributed by atoms with Crippen LogP contribution < -0.4 is 5.32 Å². The first-order valence-electron chi connectivity index (χ1n) is 4.26. The summed E-state index contributed by atoms with van der Waals surface area (Å²) in [5.74, 6) is 0.662. The molecule has 1 aliphatic heterocycles. The standard InChI is InChI=1S/C8H11Cl2NO2/c1-8(9,10)7(12)11-6-4-2-13-3-5(4)6/h4-6H,2-3H2,1H3,(H,11,12)/t4-,5+,6?. The molecule has 1 unspecified atom stereocenters. The van der Waals surface area contributed by atoms with E-state index in [1.165, 1.54) is 6.92 Å². The summed E-state index contributed by atoms with van der Waals surface area (Å²) in [6.07, 6.45) is 0. The lowest BCUT2D eigenvalue weighted by Crippen LogP contribution is -2.39. The molecule has 0 aromatic heterocycles. The average Bonchev–Trinajstić information content (AvgIpc) is 2.47. The van der Waals surface area contributed by atoms with Gasteiger partial charge in [0.25, 0.3) is 5.91 Å². The first-order chi connectivity index (χ1) is 6.00. The predicted octanol–water partition coefficient (Wildman–Crippen LogP) is 0.941. The molecule has 3 atom stereocenters. The summed E-state index contributed by atoms with van der Waals surface area (Å²) in [7, 11) is 0. The minimum Gasteiger partial charge on any atom is -0.381 e. The normalized spacial score (nSPS) is 37.0. The highest BCUT2D eigenvalue weighted by Crippen LogP contribution is 2.44. The molecule has 1 aliphatic carbocycles. The van der Waals surface area contributed by atoms with E-state index in [0.717, 1.165) is 13.2 Å². The molecule has 2 aliphatic rings. The maximum Gasteiger partial charge on any atom is 0.256 e. The fourth-order valence-electron chi connectivity index (χ4n) is 1.73. The summed E-state index contributed by atoms with van der Waals surface area (Å²) in [6.45, 7) is 2.97. The van der Waals surface area contributed by atoms with Crippen molar-refractivity contribution in [1.29, 1.82) is 0 Å². The maximum atomic E-state index is 11.3. The van der Waals surface area contributed by atoms with Crippen LogP contribution in [-0.4, -0.2) is 29.5 Å². The molecule has 0 bridgehead atoms. The number of rotatable bonds is 2. The van der Waals surface area contributed by atoms with Crippen molar-refractivity contribution in [2.24, 2.45) is 11.8 Å². The van der Waals surface area contributed by atoms with E-state index in [2.05, 4.69) is 5.32 Å². The molecule has 2 rings (SSSR count). The van der Waals surface area contributed by atoms with Crippen molar-refractivity contribution in [3.8, 4) is 0 Å². The molecule has 0 radical (unpaired) electrons. The van der Waals surface area contributed by atoms with Crippen molar-refractivity contribution in [1.82, 2.24) is 5.32 Å². The number of hydrogen-bond donors (Lipinski definition) is 1. The summed E-state index contributed by atoms with van der Waals surface area (Å²) >= 11 is 11.3. The number of ether oxygens (including phenoxy) is 1. The van der Waals surface area contributed by atoms with Crippen LogP contribution in [0.2, 0.25) is 0 Å². The lowest BCUT2D eigenvalue weighted by molar-refractivity contribution is -0.121. The molecule has 1 saturated carbocycles. The monoisotopic (exact) mass is 223 g/mol. The molecule has 5 heteroatoms. The second kappa shape index (κ2) is 3.01. The van der Waals surface area contributed by atoms with E-state index in [-0.39, 0.29) is 11.9 Å². The minimum atomic E-state index is -1.32. The van der Waals surface area contributed by atoms with E-state index in [1.807, 2.05) is 0 Å². The molecular formula is C8H11Cl2NO2. The van der Waals surface area contributed by atoms with E-state index in [9.17, 15) is 4.79 Å². The first kappa shape index (κ1) is 9.56. The van der Waals surface area contributed by atoms with Gasteiger partial charge in [0, 0.05) is 17.9 Å². The number of amides is 1. The Bertz CT molecular complexity index is 229. The highest BCUT2D eigenvalue weighted by atomic mass is 35.5. The third-order valence-electron chi connectivity index (χ3n) is 2.65. The van der Waals surface area contributed by atoms with Crippen LogP contribution in [-0.2, 0) is 9.53 Å². The Kier molecular flexibility index (Phi) is 2.21. The van der Waals surface area contributed by atoms with E-state index in [4.69, 9.17) is 27.9 Å². The Hall–Kier alpha value is 0.01000. The van der Waals surface area contributed by atoms with Crippen LogP contribution in [0.25, 0.3) is 0 Å². The van der Waals surface area contributed by atoms with Crippen molar-refractivity contribution in [3.63, 3.8) is 0 Å². The Morgan fingerprint density at radius 1 is 1.46 bits per heavy atom. The number of alkyl halides is 2. The van der Waals surface area contributed by atoms with Gasteiger partial charge in [0.15, 0.2) is 4.33 Å². The van der Waals surface area contributed by atoms with Crippen molar-refractivity contribution in [2.45, 2.75) is 17.3 Å². The highest BCUT2D eigenvalue weighted by molar-refractivity contribution is 6.57. The van der Waals surface area contributed by atoms with Gasteiger partial charge >= 0.3 is 0 Å². The summed E-state index contributed by atoms with van der Waals surface area (Å²) in [5, 5.41) is 2.81. The number of fused-ring (bicyclic) bond motifs is 1. The summed E-state index contributed by atoms with van der Waals surface area (Å²) in [4.78, 5) is 11.3. The predicted molar refractivity (Wildman–Crippen MR) is 49.8 cm³/mol. The summed E-state index contributed by atoms with van der Waals surface area (Å²) in [5.41, 5.74) is 0. The zero-order chi connectivity index (χ0) is 9.64. The van der Waals surface area contributed by atoms with Gasteiger partial charge in [0.05, 0.1) is 13.2 Å². The van der Waals surface area contributed by atoms with Crippen molar-refractivity contribution in [2.75, 3.05) is 13.2 Å². The average molecular weight is 224 g/mol. The summed E-state index contributed by atoms with van der Waals surface area (Å²) in [6, 6.07) is 0.234. The van der Waals surface area contributed by atoms with Gasteiger partial charge in [0.1, 0.15) is 0 Å². The molecule has 1 heterocycles. The fourth-order valence-corrected chi connectivity index (χ4v) is 1.84. The molecule has 2 fully saturated rings. The Morgan fingerprint density at radius 3 is 2.46 bits per heavy atom. The maximum absolute atomic E-state index is 11.3. The Morgan fingerprint density at radius 2 is 2.00 bits per heavy atom. The molecule has 1 saturated heterocycles. The smallest absolute Gasteiger partial charge is 0.256 e. The molecular weight excluding hydrogens is 213 g/mol.